The first-order chi connectivity index (χ1) is 6.36. The van der Waals surface area contributed by atoms with Gasteiger partial charge in [-0.25, -0.2) is 0 Å². The number of anilines is 1. The molecule has 1 saturated carbocycles. The molecule has 2 rings (SSSR count). The summed E-state index contributed by atoms with van der Waals surface area (Å²) >= 11 is 0. The Morgan fingerprint density at radius 2 is 2.31 bits per heavy atom. The molecule has 3 heteroatoms. The smallest absolute Gasteiger partial charge is 0.0725 e. The number of nitrogens with one attached hydrogen (secondary N) is 2. The van der Waals surface area contributed by atoms with E-state index in [9.17, 15) is 0 Å². The number of aromatic nitrogens is 2. The topological polar surface area (TPSA) is 40.7 Å². The summed E-state index contributed by atoms with van der Waals surface area (Å²) in [7, 11) is 0. The number of H-pyrrole nitrogens is 1. The lowest BCUT2D eigenvalue weighted by molar-refractivity contribution is 0.482. The molecule has 0 saturated heterocycles. The van der Waals surface area contributed by atoms with E-state index in [0.717, 1.165) is 11.6 Å². The predicted molar refractivity (Wildman–Crippen MR) is 53.6 cm³/mol. The highest BCUT2D eigenvalue weighted by atomic mass is 15.1. The third-order valence-corrected chi connectivity index (χ3v) is 3.00. The number of hydrogen-bond donors (Lipinski definition) is 2. The van der Waals surface area contributed by atoms with Crippen LogP contribution in [0.2, 0.25) is 0 Å². The summed E-state index contributed by atoms with van der Waals surface area (Å²) in [6, 6.07) is 0.583. The number of hydrogen-bond acceptors (Lipinski definition) is 2. The van der Waals surface area contributed by atoms with Gasteiger partial charge in [0.25, 0.3) is 0 Å². The highest BCUT2D eigenvalue weighted by Gasteiger charge is 2.21. The molecule has 1 aliphatic rings. The third kappa shape index (κ3) is 2.02. The first-order valence-corrected chi connectivity index (χ1v) is 5.11. The Bertz CT molecular complexity index is 237. The van der Waals surface area contributed by atoms with Gasteiger partial charge in [0, 0.05) is 12.2 Å². The number of nitrogens with zero attached hydrogens (tertiary/aromatic N) is 1. The van der Waals surface area contributed by atoms with Crippen molar-refractivity contribution in [3.63, 3.8) is 0 Å². The van der Waals surface area contributed by atoms with Crippen LogP contribution in [0.1, 0.15) is 32.6 Å². The molecule has 0 radical (unpaired) electrons. The van der Waals surface area contributed by atoms with Crippen LogP contribution in [-0.2, 0) is 0 Å². The fourth-order valence-electron chi connectivity index (χ4n) is 2.17. The van der Waals surface area contributed by atoms with Crippen molar-refractivity contribution in [3.8, 4) is 0 Å². The minimum Gasteiger partial charge on any atom is -0.380 e. The van der Waals surface area contributed by atoms with Gasteiger partial charge in [-0.3, -0.25) is 5.10 Å². The van der Waals surface area contributed by atoms with Gasteiger partial charge in [0.1, 0.15) is 0 Å². The molecule has 2 N–H and O–H groups in total. The predicted octanol–water partition coefficient (Wildman–Crippen LogP) is 2.40. The highest BCUT2D eigenvalue weighted by Crippen LogP contribution is 2.28. The molecule has 0 amide bonds. The average Bonchev–Trinajstić information content (AvgIpc) is 2.74. The van der Waals surface area contributed by atoms with Crippen LogP contribution in [0.5, 0.6) is 0 Å². The zero-order chi connectivity index (χ0) is 9.10. The molecule has 1 aromatic heterocycles. The van der Waals surface area contributed by atoms with Gasteiger partial charge >= 0.3 is 0 Å². The van der Waals surface area contributed by atoms with E-state index >= 15 is 0 Å². The second kappa shape index (κ2) is 3.81. The van der Waals surface area contributed by atoms with E-state index in [-0.39, 0.29) is 0 Å². The summed E-state index contributed by atoms with van der Waals surface area (Å²) < 4.78 is 0. The fourth-order valence-corrected chi connectivity index (χ4v) is 2.17. The first-order valence-electron chi connectivity index (χ1n) is 5.11. The first kappa shape index (κ1) is 8.60. The molecule has 1 aromatic rings. The Kier molecular flexibility index (Phi) is 2.52. The lowest BCUT2D eigenvalue weighted by Gasteiger charge is -2.20. The van der Waals surface area contributed by atoms with E-state index in [1.165, 1.54) is 25.7 Å². The summed E-state index contributed by atoms with van der Waals surface area (Å²) in [5, 5.41) is 10.2. The van der Waals surface area contributed by atoms with Crippen molar-refractivity contribution in [2.75, 3.05) is 5.32 Å². The average molecular weight is 179 g/mol. The third-order valence-electron chi connectivity index (χ3n) is 3.00. The van der Waals surface area contributed by atoms with Crippen LogP contribution in [0.3, 0.4) is 0 Å². The monoisotopic (exact) mass is 179 g/mol. The normalized spacial score (nSPS) is 20.4. The Balaban J connectivity index is 1.87. The Labute approximate surface area is 78.9 Å². The van der Waals surface area contributed by atoms with Gasteiger partial charge in [0.05, 0.1) is 11.9 Å². The minimum absolute atomic E-state index is 0.583. The molecule has 1 heterocycles. The fraction of sp³-hybridized carbons (Fsp3) is 0.700. The van der Waals surface area contributed by atoms with Crippen LogP contribution in [0.4, 0.5) is 5.69 Å². The van der Waals surface area contributed by atoms with Crippen LogP contribution in [0.15, 0.2) is 12.4 Å². The lowest BCUT2D eigenvalue weighted by atomic mass is 10.00. The molecule has 1 aliphatic carbocycles. The van der Waals surface area contributed by atoms with E-state index in [1.807, 2.05) is 12.4 Å². The lowest BCUT2D eigenvalue weighted by Crippen LogP contribution is -2.23. The largest absolute Gasteiger partial charge is 0.380 e. The molecule has 0 aliphatic heterocycles. The van der Waals surface area contributed by atoms with Gasteiger partial charge in [-0.2, -0.15) is 5.10 Å². The highest BCUT2D eigenvalue weighted by molar-refractivity contribution is 5.38. The standard InChI is InChI=1S/C10H17N3/c1-8(9-4-2-3-5-9)13-10-6-11-12-7-10/h6-9,13H,2-5H2,1H3,(H,11,12). The van der Waals surface area contributed by atoms with Crippen molar-refractivity contribution in [3.05, 3.63) is 12.4 Å². The number of rotatable bonds is 3. The van der Waals surface area contributed by atoms with E-state index in [1.54, 1.807) is 0 Å². The second-order valence-electron chi connectivity index (χ2n) is 3.96. The molecule has 1 atom stereocenters. The molecule has 3 nitrogen and oxygen atoms in total. The molecular formula is C10H17N3. The Hall–Kier alpha value is -0.990. The van der Waals surface area contributed by atoms with Crippen LogP contribution in [0.25, 0.3) is 0 Å². The number of aromatic amines is 1. The Morgan fingerprint density at radius 3 is 2.92 bits per heavy atom. The van der Waals surface area contributed by atoms with E-state index in [4.69, 9.17) is 0 Å². The van der Waals surface area contributed by atoms with E-state index in [2.05, 4.69) is 22.4 Å². The van der Waals surface area contributed by atoms with Crippen molar-refractivity contribution in [2.24, 2.45) is 5.92 Å². The van der Waals surface area contributed by atoms with Crippen molar-refractivity contribution in [1.82, 2.24) is 10.2 Å². The van der Waals surface area contributed by atoms with Gasteiger partial charge in [-0.05, 0) is 25.7 Å². The summed E-state index contributed by atoms with van der Waals surface area (Å²) in [5.74, 6) is 0.856. The second-order valence-corrected chi connectivity index (χ2v) is 3.96. The van der Waals surface area contributed by atoms with Gasteiger partial charge < -0.3 is 5.32 Å². The quantitative estimate of drug-likeness (QED) is 0.748. The zero-order valence-corrected chi connectivity index (χ0v) is 8.09. The van der Waals surface area contributed by atoms with Gasteiger partial charge in [-0.15, -0.1) is 0 Å². The molecule has 1 fully saturated rings. The molecule has 0 spiro atoms. The van der Waals surface area contributed by atoms with Crippen LogP contribution >= 0.6 is 0 Å². The van der Waals surface area contributed by atoms with E-state index in [0.29, 0.717) is 6.04 Å². The zero-order valence-electron chi connectivity index (χ0n) is 8.09. The van der Waals surface area contributed by atoms with Crippen molar-refractivity contribution in [1.29, 1.82) is 0 Å². The summed E-state index contributed by atoms with van der Waals surface area (Å²) in [6.07, 6.45) is 9.32. The molecule has 72 valence electrons. The van der Waals surface area contributed by atoms with E-state index < -0.39 is 0 Å². The van der Waals surface area contributed by atoms with Crippen LogP contribution in [0, 0.1) is 5.92 Å². The molecular weight excluding hydrogens is 162 g/mol. The Morgan fingerprint density at radius 1 is 1.54 bits per heavy atom. The van der Waals surface area contributed by atoms with Crippen molar-refractivity contribution < 1.29 is 0 Å². The summed E-state index contributed by atoms with van der Waals surface area (Å²) in [6.45, 7) is 2.27. The van der Waals surface area contributed by atoms with Crippen LogP contribution < -0.4 is 5.32 Å². The van der Waals surface area contributed by atoms with Crippen molar-refractivity contribution in [2.45, 2.75) is 38.6 Å². The van der Waals surface area contributed by atoms with Gasteiger partial charge in [0.15, 0.2) is 0 Å². The van der Waals surface area contributed by atoms with Crippen molar-refractivity contribution >= 4 is 5.69 Å². The van der Waals surface area contributed by atoms with Gasteiger partial charge in [-0.1, -0.05) is 12.8 Å². The maximum absolute atomic E-state index is 3.91. The van der Waals surface area contributed by atoms with Gasteiger partial charge in [0.2, 0.25) is 0 Å². The molecule has 0 bridgehead atoms. The SMILES string of the molecule is CC(Nc1cn[nH]c1)C1CCCC1. The minimum atomic E-state index is 0.583. The maximum atomic E-state index is 3.91. The maximum Gasteiger partial charge on any atom is 0.0725 e. The van der Waals surface area contributed by atoms with Crippen LogP contribution in [-0.4, -0.2) is 16.2 Å². The molecule has 0 aromatic carbocycles. The summed E-state index contributed by atoms with van der Waals surface area (Å²) in [5.41, 5.74) is 1.11. The molecule has 1 unspecified atom stereocenters. The summed E-state index contributed by atoms with van der Waals surface area (Å²) in [4.78, 5) is 0. The molecule has 13 heavy (non-hydrogen) atoms.